The molecule has 0 radical (unpaired) electrons. The van der Waals surface area contributed by atoms with Crippen molar-refractivity contribution in [1.82, 2.24) is 14.9 Å². The van der Waals surface area contributed by atoms with E-state index in [1.165, 1.54) is 36.2 Å². The quantitative estimate of drug-likeness (QED) is 0.876. The largest absolute Gasteiger partial charge is 0.309 e. The van der Waals surface area contributed by atoms with E-state index in [9.17, 15) is 0 Å². The third-order valence-electron chi connectivity index (χ3n) is 3.61. The number of hydrogen-bond donors (Lipinski definition) is 1. The Labute approximate surface area is 108 Å². The van der Waals surface area contributed by atoms with Crippen molar-refractivity contribution in [2.45, 2.75) is 32.2 Å². The second-order valence-electron chi connectivity index (χ2n) is 5.03. The first kappa shape index (κ1) is 11.5. The zero-order valence-corrected chi connectivity index (χ0v) is 10.8. The number of nitrogens with one attached hydrogen (secondary N) is 1. The maximum absolute atomic E-state index is 4.33. The predicted molar refractivity (Wildman–Crippen MR) is 72.9 cm³/mol. The lowest BCUT2D eigenvalue weighted by atomic mass is 10.0. The van der Waals surface area contributed by atoms with Crippen LogP contribution in [0, 0.1) is 6.92 Å². The molecule has 18 heavy (non-hydrogen) atoms. The summed E-state index contributed by atoms with van der Waals surface area (Å²) in [5.41, 5.74) is 3.76. The molecule has 1 saturated heterocycles. The Hall–Kier alpha value is -1.61. The van der Waals surface area contributed by atoms with Crippen molar-refractivity contribution in [3.05, 3.63) is 48.0 Å². The van der Waals surface area contributed by atoms with E-state index in [1.807, 2.05) is 12.5 Å². The number of aromatic nitrogens is 2. The molecule has 0 aliphatic carbocycles. The summed E-state index contributed by atoms with van der Waals surface area (Å²) in [6.07, 6.45) is 7.70. The van der Waals surface area contributed by atoms with Gasteiger partial charge in [0, 0.05) is 11.7 Å². The molecule has 1 atom stereocenters. The van der Waals surface area contributed by atoms with E-state index in [4.69, 9.17) is 0 Å². The van der Waals surface area contributed by atoms with Crippen molar-refractivity contribution >= 4 is 0 Å². The molecule has 3 heteroatoms. The van der Waals surface area contributed by atoms with Crippen LogP contribution in [-0.4, -0.2) is 16.1 Å². The molecule has 0 spiro atoms. The van der Waals surface area contributed by atoms with Gasteiger partial charge in [-0.1, -0.05) is 18.6 Å². The molecule has 1 aliphatic heterocycles. The first-order valence-corrected chi connectivity index (χ1v) is 6.67. The van der Waals surface area contributed by atoms with Crippen molar-refractivity contribution in [1.29, 1.82) is 0 Å². The molecular weight excluding hydrogens is 222 g/mol. The van der Waals surface area contributed by atoms with Gasteiger partial charge in [-0.15, -0.1) is 0 Å². The van der Waals surface area contributed by atoms with Crippen LogP contribution < -0.4 is 5.32 Å². The number of benzene rings is 1. The van der Waals surface area contributed by atoms with Crippen LogP contribution >= 0.6 is 0 Å². The molecule has 0 amide bonds. The standard InChI is InChI=1S/C15H19N3/c1-12-5-4-6-13(9-12)18-11-16-10-15(18)14-7-2-3-8-17-14/h4-6,9-11,14,17H,2-3,7-8H2,1H3. The first-order valence-electron chi connectivity index (χ1n) is 6.67. The van der Waals surface area contributed by atoms with Gasteiger partial charge in [-0.2, -0.15) is 0 Å². The maximum Gasteiger partial charge on any atom is 0.0994 e. The highest BCUT2D eigenvalue weighted by Gasteiger charge is 2.18. The van der Waals surface area contributed by atoms with Crippen LogP contribution in [0.4, 0.5) is 0 Å². The van der Waals surface area contributed by atoms with E-state index in [0.29, 0.717) is 6.04 Å². The Kier molecular flexibility index (Phi) is 3.15. The van der Waals surface area contributed by atoms with Gasteiger partial charge in [0.15, 0.2) is 0 Å². The molecule has 1 aromatic heterocycles. The van der Waals surface area contributed by atoms with Crippen molar-refractivity contribution in [3.8, 4) is 5.69 Å². The van der Waals surface area contributed by atoms with Gasteiger partial charge in [0.2, 0.25) is 0 Å². The molecule has 0 bridgehead atoms. The average Bonchev–Trinajstić information content (AvgIpc) is 2.89. The highest BCUT2D eigenvalue weighted by Crippen LogP contribution is 2.25. The molecule has 2 heterocycles. The van der Waals surface area contributed by atoms with Crippen LogP contribution in [0.15, 0.2) is 36.8 Å². The number of piperidine rings is 1. The van der Waals surface area contributed by atoms with Gasteiger partial charge < -0.3 is 9.88 Å². The van der Waals surface area contributed by atoms with Crippen LogP contribution in [0.3, 0.4) is 0 Å². The second-order valence-corrected chi connectivity index (χ2v) is 5.03. The summed E-state index contributed by atoms with van der Waals surface area (Å²) in [5, 5.41) is 3.59. The molecule has 1 N–H and O–H groups in total. The molecule has 3 nitrogen and oxygen atoms in total. The molecule has 1 aliphatic rings. The van der Waals surface area contributed by atoms with E-state index in [0.717, 1.165) is 6.54 Å². The molecule has 0 saturated carbocycles. The minimum atomic E-state index is 0.446. The smallest absolute Gasteiger partial charge is 0.0994 e. The summed E-state index contributed by atoms with van der Waals surface area (Å²) >= 11 is 0. The molecule has 2 aromatic rings. The van der Waals surface area contributed by atoms with Gasteiger partial charge in [0.25, 0.3) is 0 Å². The molecule has 1 aromatic carbocycles. The highest BCUT2D eigenvalue weighted by molar-refractivity contribution is 5.37. The van der Waals surface area contributed by atoms with Gasteiger partial charge >= 0.3 is 0 Å². The van der Waals surface area contributed by atoms with Crippen LogP contribution in [0.1, 0.15) is 36.6 Å². The predicted octanol–water partition coefficient (Wildman–Crippen LogP) is 3.00. The zero-order chi connectivity index (χ0) is 12.4. The summed E-state index contributed by atoms with van der Waals surface area (Å²) in [4.78, 5) is 4.33. The molecule has 1 fully saturated rings. The molecule has 94 valence electrons. The Morgan fingerprint density at radius 3 is 3.06 bits per heavy atom. The average molecular weight is 241 g/mol. The molecular formula is C15H19N3. The van der Waals surface area contributed by atoms with Crippen molar-refractivity contribution < 1.29 is 0 Å². The minimum absolute atomic E-state index is 0.446. The summed E-state index contributed by atoms with van der Waals surface area (Å²) in [6, 6.07) is 9.01. The lowest BCUT2D eigenvalue weighted by Crippen LogP contribution is -2.28. The third-order valence-corrected chi connectivity index (χ3v) is 3.61. The van der Waals surface area contributed by atoms with E-state index in [1.54, 1.807) is 0 Å². The van der Waals surface area contributed by atoms with Gasteiger partial charge in [-0.3, -0.25) is 0 Å². The van der Waals surface area contributed by atoms with Gasteiger partial charge in [0.05, 0.1) is 18.2 Å². The van der Waals surface area contributed by atoms with Gasteiger partial charge in [-0.25, -0.2) is 4.98 Å². The zero-order valence-electron chi connectivity index (χ0n) is 10.8. The van der Waals surface area contributed by atoms with Crippen LogP contribution in [-0.2, 0) is 0 Å². The monoisotopic (exact) mass is 241 g/mol. The van der Waals surface area contributed by atoms with E-state index in [-0.39, 0.29) is 0 Å². The number of hydrogen-bond acceptors (Lipinski definition) is 2. The third kappa shape index (κ3) is 2.18. The Bertz CT molecular complexity index is 524. The Morgan fingerprint density at radius 2 is 2.28 bits per heavy atom. The van der Waals surface area contributed by atoms with Crippen LogP contribution in [0.25, 0.3) is 5.69 Å². The van der Waals surface area contributed by atoms with E-state index in [2.05, 4.69) is 46.1 Å². The SMILES string of the molecule is Cc1cccc(-n2cncc2C2CCCCN2)c1. The maximum atomic E-state index is 4.33. The molecule has 3 rings (SSSR count). The number of nitrogens with zero attached hydrogens (tertiary/aromatic N) is 2. The molecule has 1 unspecified atom stereocenters. The fourth-order valence-electron chi connectivity index (χ4n) is 2.66. The first-order chi connectivity index (χ1) is 8.84. The minimum Gasteiger partial charge on any atom is -0.309 e. The Morgan fingerprint density at radius 1 is 1.33 bits per heavy atom. The summed E-state index contributed by atoms with van der Waals surface area (Å²) < 4.78 is 2.20. The topological polar surface area (TPSA) is 29.9 Å². The lowest BCUT2D eigenvalue weighted by Gasteiger charge is -2.24. The normalized spacial score (nSPS) is 19.9. The highest BCUT2D eigenvalue weighted by atomic mass is 15.1. The second kappa shape index (κ2) is 4.94. The number of aryl methyl sites for hydroxylation is 1. The van der Waals surface area contributed by atoms with Crippen LogP contribution in [0.5, 0.6) is 0 Å². The Balaban J connectivity index is 1.95. The van der Waals surface area contributed by atoms with E-state index >= 15 is 0 Å². The lowest BCUT2D eigenvalue weighted by molar-refractivity contribution is 0.402. The fraction of sp³-hybridized carbons (Fsp3) is 0.400. The van der Waals surface area contributed by atoms with Crippen LogP contribution in [0.2, 0.25) is 0 Å². The summed E-state index contributed by atoms with van der Waals surface area (Å²) in [7, 11) is 0. The van der Waals surface area contributed by atoms with Crippen molar-refractivity contribution in [2.24, 2.45) is 0 Å². The summed E-state index contributed by atoms with van der Waals surface area (Å²) in [6.45, 7) is 3.24. The fourth-order valence-corrected chi connectivity index (χ4v) is 2.66. The van der Waals surface area contributed by atoms with Gasteiger partial charge in [-0.05, 0) is 44.0 Å². The number of imidazole rings is 1. The van der Waals surface area contributed by atoms with Crippen molar-refractivity contribution in [3.63, 3.8) is 0 Å². The van der Waals surface area contributed by atoms with E-state index < -0.39 is 0 Å². The summed E-state index contributed by atoms with van der Waals surface area (Å²) in [5.74, 6) is 0. The van der Waals surface area contributed by atoms with Crippen molar-refractivity contribution in [2.75, 3.05) is 6.54 Å². The number of rotatable bonds is 2. The van der Waals surface area contributed by atoms with Gasteiger partial charge in [0.1, 0.15) is 0 Å².